The van der Waals surface area contributed by atoms with E-state index in [-0.39, 0.29) is 17.6 Å². The van der Waals surface area contributed by atoms with E-state index < -0.39 is 12.1 Å². The summed E-state index contributed by atoms with van der Waals surface area (Å²) >= 11 is 0. The van der Waals surface area contributed by atoms with E-state index in [0.29, 0.717) is 5.69 Å². The topological polar surface area (TPSA) is 89.9 Å². The molecule has 1 aliphatic rings. The summed E-state index contributed by atoms with van der Waals surface area (Å²) in [6, 6.07) is 5.50. The van der Waals surface area contributed by atoms with E-state index in [0.717, 1.165) is 25.7 Å². The molecule has 6 nitrogen and oxygen atoms in total. The van der Waals surface area contributed by atoms with Gasteiger partial charge in [0, 0.05) is 12.7 Å². The molecule has 1 aromatic carbocycles. The minimum Gasteiger partial charge on any atom is -0.478 e. The molecule has 2 amide bonds. The fourth-order valence-electron chi connectivity index (χ4n) is 2.60. The van der Waals surface area contributed by atoms with Crippen molar-refractivity contribution in [3.8, 4) is 0 Å². The summed E-state index contributed by atoms with van der Waals surface area (Å²) in [5, 5.41) is 21.5. The van der Waals surface area contributed by atoms with Crippen LogP contribution in [0.2, 0.25) is 0 Å². The third-order valence-electron chi connectivity index (χ3n) is 3.89. The first kappa shape index (κ1) is 15.3. The van der Waals surface area contributed by atoms with Crippen LogP contribution >= 0.6 is 0 Å². The number of nitrogens with one attached hydrogen (secondary N) is 1. The fourth-order valence-corrected chi connectivity index (χ4v) is 2.60. The number of aliphatic hydroxyl groups excluding tert-OH is 1. The SMILES string of the molecule is CN(C(=O)Nc1ccc(C(=O)O)cc1)C1CCCCC1O. The van der Waals surface area contributed by atoms with Gasteiger partial charge in [-0.1, -0.05) is 12.8 Å². The lowest BCUT2D eigenvalue weighted by molar-refractivity contribution is 0.0494. The molecule has 3 N–H and O–H groups in total. The predicted octanol–water partition coefficient (Wildman–Crippen LogP) is 2.15. The summed E-state index contributed by atoms with van der Waals surface area (Å²) in [5.41, 5.74) is 0.700. The Morgan fingerprint density at radius 2 is 1.81 bits per heavy atom. The van der Waals surface area contributed by atoms with Gasteiger partial charge in [-0.25, -0.2) is 9.59 Å². The number of carbonyl (C=O) groups is 2. The van der Waals surface area contributed by atoms with Crippen molar-refractivity contribution in [3.63, 3.8) is 0 Å². The van der Waals surface area contributed by atoms with Crippen molar-refractivity contribution in [1.82, 2.24) is 4.90 Å². The van der Waals surface area contributed by atoms with E-state index in [1.165, 1.54) is 17.0 Å². The van der Waals surface area contributed by atoms with Crippen LogP contribution in [0.1, 0.15) is 36.0 Å². The maximum atomic E-state index is 12.2. The molecule has 2 unspecified atom stereocenters. The molecule has 0 saturated heterocycles. The molecule has 21 heavy (non-hydrogen) atoms. The Morgan fingerprint density at radius 3 is 2.38 bits per heavy atom. The van der Waals surface area contributed by atoms with E-state index in [2.05, 4.69) is 5.32 Å². The molecule has 0 spiro atoms. The average molecular weight is 292 g/mol. The number of hydrogen-bond donors (Lipinski definition) is 3. The first-order valence-electron chi connectivity index (χ1n) is 7.04. The summed E-state index contributed by atoms with van der Waals surface area (Å²) < 4.78 is 0. The molecule has 0 heterocycles. The first-order chi connectivity index (χ1) is 9.99. The van der Waals surface area contributed by atoms with Crippen molar-refractivity contribution < 1.29 is 19.8 Å². The predicted molar refractivity (Wildman–Crippen MR) is 78.4 cm³/mol. The summed E-state index contributed by atoms with van der Waals surface area (Å²) in [6.07, 6.45) is 3.03. The molecule has 114 valence electrons. The molecular formula is C15H20N2O4. The van der Waals surface area contributed by atoms with E-state index >= 15 is 0 Å². The third-order valence-corrected chi connectivity index (χ3v) is 3.89. The summed E-state index contributed by atoms with van der Waals surface area (Å²) in [4.78, 5) is 24.4. The van der Waals surface area contributed by atoms with Crippen molar-refractivity contribution >= 4 is 17.7 Å². The van der Waals surface area contributed by atoms with Crippen molar-refractivity contribution in [3.05, 3.63) is 29.8 Å². The number of carbonyl (C=O) groups excluding carboxylic acids is 1. The number of amides is 2. The van der Waals surface area contributed by atoms with Crippen LogP contribution in [-0.4, -0.2) is 46.3 Å². The zero-order valence-electron chi connectivity index (χ0n) is 12.0. The van der Waals surface area contributed by atoms with Gasteiger partial charge in [0.25, 0.3) is 0 Å². The maximum Gasteiger partial charge on any atom is 0.335 e. The number of carboxylic acids is 1. The quantitative estimate of drug-likeness (QED) is 0.796. The van der Waals surface area contributed by atoms with Gasteiger partial charge in [0.05, 0.1) is 17.7 Å². The standard InChI is InChI=1S/C15H20N2O4/c1-17(12-4-2-3-5-13(12)18)15(21)16-11-8-6-10(7-9-11)14(19)20/h6-9,12-13,18H,2-5H2,1H3,(H,16,21)(H,19,20). The van der Waals surface area contributed by atoms with Gasteiger partial charge in [0.2, 0.25) is 0 Å². The zero-order valence-corrected chi connectivity index (χ0v) is 12.0. The van der Waals surface area contributed by atoms with Gasteiger partial charge in [-0.3, -0.25) is 0 Å². The highest BCUT2D eigenvalue weighted by atomic mass is 16.4. The largest absolute Gasteiger partial charge is 0.478 e. The minimum absolute atomic E-state index is 0.169. The molecule has 0 radical (unpaired) electrons. The van der Waals surface area contributed by atoms with Crippen molar-refractivity contribution in [2.75, 3.05) is 12.4 Å². The molecule has 6 heteroatoms. The number of aromatic carboxylic acids is 1. The van der Waals surface area contributed by atoms with Crippen LogP contribution in [0.4, 0.5) is 10.5 Å². The summed E-state index contributed by atoms with van der Waals surface area (Å²) in [5.74, 6) is -1.00. The summed E-state index contributed by atoms with van der Waals surface area (Å²) in [6.45, 7) is 0. The fraction of sp³-hybridized carbons (Fsp3) is 0.467. The average Bonchev–Trinajstić information content (AvgIpc) is 2.47. The highest BCUT2D eigenvalue weighted by molar-refractivity contribution is 5.91. The summed E-state index contributed by atoms with van der Waals surface area (Å²) in [7, 11) is 1.67. The van der Waals surface area contributed by atoms with E-state index in [1.807, 2.05) is 0 Å². The molecule has 1 aromatic rings. The molecule has 0 aliphatic heterocycles. The van der Waals surface area contributed by atoms with Crippen molar-refractivity contribution in [2.24, 2.45) is 0 Å². The minimum atomic E-state index is -1.00. The molecular weight excluding hydrogens is 272 g/mol. The lowest BCUT2D eigenvalue weighted by Gasteiger charge is -2.35. The maximum absolute atomic E-state index is 12.2. The highest BCUT2D eigenvalue weighted by Crippen LogP contribution is 2.23. The molecule has 2 atom stereocenters. The second-order valence-electron chi connectivity index (χ2n) is 5.34. The molecule has 0 aromatic heterocycles. The van der Waals surface area contributed by atoms with Crippen LogP contribution in [0.3, 0.4) is 0 Å². The zero-order chi connectivity index (χ0) is 15.4. The number of aliphatic hydroxyl groups is 1. The first-order valence-corrected chi connectivity index (χ1v) is 7.04. The Kier molecular flexibility index (Phi) is 4.80. The van der Waals surface area contributed by atoms with Crippen LogP contribution in [0.25, 0.3) is 0 Å². The van der Waals surface area contributed by atoms with Gasteiger partial charge in [0.15, 0.2) is 0 Å². The number of nitrogens with zero attached hydrogens (tertiary/aromatic N) is 1. The Balaban J connectivity index is 1.98. The molecule has 1 aliphatic carbocycles. The second-order valence-corrected chi connectivity index (χ2v) is 5.34. The lowest BCUT2D eigenvalue weighted by Crippen LogP contribution is -2.47. The number of carboxylic acid groups (broad SMARTS) is 1. The number of benzene rings is 1. The normalized spacial score (nSPS) is 21.6. The Hall–Kier alpha value is -2.08. The van der Waals surface area contributed by atoms with Crippen LogP contribution in [0, 0.1) is 0 Å². The molecule has 0 bridgehead atoms. The number of rotatable bonds is 3. The van der Waals surface area contributed by atoms with Gasteiger partial charge in [-0.15, -0.1) is 0 Å². The van der Waals surface area contributed by atoms with E-state index in [4.69, 9.17) is 5.11 Å². The van der Waals surface area contributed by atoms with Crippen LogP contribution in [-0.2, 0) is 0 Å². The smallest absolute Gasteiger partial charge is 0.335 e. The van der Waals surface area contributed by atoms with Gasteiger partial charge < -0.3 is 20.4 Å². The molecule has 1 fully saturated rings. The van der Waals surface area contributed by atoms with Crippen LogP contribution < -0.4 is 5.32 Å². The van der Waals surface area contributed by atoms with E-state index in [9.17, 15) is 14.7 Å². The van der Waals surface area contributed by atoms with Crippen molar-refractivity contribution in [2.45, 2.75) is 37.8 Å². The number of anilines is 1. The van der Waals surface area contributed by atoms with Crippen LogP contribution in [0.15, 0.2) is 24.3 Å². The number of hydrogen-bond acceptors (Lipinski definition) is 3. The Labute approximate surface area is 123 Å². The second kappa shape index (κ2) is 6.58. The van der Waals surface area contributed by atoms with Gasteiger partial charge in [-0.05, 0) is 37.1 Å². The van der Waals surface area contributed by atoms with Crippen molar-refractivity contribution in [1.29, 1.82) is 0 Å². The monoisotopic (exact) mass is 292 g/mol. The molecule has 1 saturated carbocycles. The van der Waals surface area contributed by atoms with Gasteiger partial charge in [0.1, 0.15) is 0 Å². The van der Waals surface area contributed by atoms with E-state index in [1.54, 1.807) is 19.2 Å². The number of urea groups is 1. The number of likely N-dealkylation sites (N-methyl/N-ethyl adjacent to an activating group) is 1. The lowest BCUT2D eigenvalue weighted by atomic mass is 9.92. The van der Waals surface area contributed by atoms with Crippen LogP contribution in [0.5, 0.6) is 0 Å². The Bertz CT molecular complexity index is 515. The van der Waals surface area contributed by atoms with Gasteiger partial charge in [-0.2, -0.15) is 0 Å². The molecule has 2 rings (SSSR count). The Morgan fingerprint density at radius 1 is 1.19 bits per heavy atom. The highest BCUT2D eigenvalue weighted by Gasteiger charge is 2.29. The van der Waals surface area contributed by atoms with Gasteiger partial charge >= 0.3 is 12.0 Å². The third kappa shape index (κ3) is 3.72.